The van der Waals surface area contributed by atoms with Crippen molar-refractivity contribution >= 4 is 45.3 Å². The summed E-state index contributed by atoms with van der Waals surface area (Å²) in [6.45, 7) is 5.92. The fraction of sp³-hybridized carbons (Fsp3) is 0.211. The summed E-state index contributed by atoms with van der Waals surface area (Å²) in [7, 11) is 0. The van der Waals surface area contributed by atoms with Gasteiger partial charge >= 0.3 is 0 Å². The van der Waals surface area contributed by atoms with Gasteiger partial charge in [-0.1, -0.05) is 23.7 Å². The van der Waals surface area contributed by atoms with Crippen molar-refractivity contribution in [3.63, 3.8) is 0 Å². The highest BCUT2D eigenvalue weighted by atomic mass is 35.5. The lowest BCUT2D eigenvalue weighted by atomic mass is 10.0. The van der Waals surface area contributed by atoms with Gasteiger partial charge in [-0.25, -0.2) is 9.98 Å². The van der Waals surface area contributed by atoms with E-state index < -0.39 is 5.66 Å². The Bertz CT molecular complexity index is 1220. The van der Waals surface area contributed by atoms with Gasteiger partial charge in [0.1, 0.15) is 10.8 Å². The monoisotopic (exact) mass is 441 g/mol. The summed E-state index contributed by atoms with van der Waals surface area (Å²) in [5, 5.41) is 16.6. The van der Waals surface area contributed by atoms with Gasteiger partial charge in [-0.2, -0.15) is 4.37 Å². The number of nitrogens with one attached hydrogen (secondary N) is 1. The smallest absolute Gasteiger partial charge is 0.190 e. The minimum absolute atomic E-state index is 0.681. The van der Waals surface area contributed by atoms with Crippen molar-refractivity contribution in [3.8, 4) is 5.00 Å². The number of fused-ring (bicyclic) bond motifs is 3. The predicted molar refractivity (Wildman–Crippen MR) is 117 cm³/mol. The van der Waals surface area contributed by atoms with Crippen LogP contribution in [0.4, 0.5) is 5.13 Å². The number of anilines is 1. The number of hydrogen-bond acceptors (Lipinski definition) is 8. The first-order valence-corrected chi connectivity index (χ1v) is 10.9. The maximum Gasteiger partial charge on any atom is 0.190 e. The summed E-state index contributed by atoms with van der Waals surface area (Å²) in [4.78, 5) is 9.57. The van der Waals surface area contributed by atoms with Gasteiger partial charge < -0.3 is 5.32 Å². The van der Waals surface area contributed by atoms with E-state index in [-0.39, 0.29) is 0 Å². The second-order valence-corrected chi connectivity index (χ2v) is 8.94. The second-order valence-electron chi connectivity index (χ2n) is 6.86. The molecule has 1 unspecified atom stereocenters. The van der Waals surface area contributed by atoms with Crippen molar-refractivity contribution in [1.29, 1.82) is 0 Å². The largest absolute Gasteiger partial charge is 0.331 e. The van der Waals surface area contributed by atoms with Crippen LogP contribution in [-0.4, -0.2) is 29.8 Å². The van der Waals surface area contributed by atoms with E-state index in [1.165, 1.54) is 22.9 Å². The Morgan fingerprint density at radius 3 is 2.66 bits per heavy atom. The van der Waals surface area contributed by atoms with Gasteiger partial charge in [0.05, 0.1) is 17.0 Å². The number of aryl methyl sites for hydroxylation is 2. The number of thiazole rings is 1. The number of halogens is 1. The molecule has 0 saturated heterocycles. The van der Waals surface area contributed by atoms with Gasteiger partial charge in [0.15, 0.2) is 16.6 Å². The van der Waals surface area contributed by atoms with Gasteiger partial charge in [0, 0.05) is 22.2 Å². The Morgan fingerprint density at radius 1 is 1.14 bits per heavy atom. The molecule has 0 aliphatic carbocycles. The number of aromatic nitrogens is 5. The molecule has 0 spiro atoms. The van der Waals surface area contributed by atoms with Gasteiger partial charge in [-0.15, -0.1) is 21.5 Å². The molecule has 4 aromatic rings. The number of nitrogens with zero attached hydrogens (tertiary/aromatic N) is 6. The Kier molecular flexibility index (Phi) is 4.27. The van der Waals surface area contributed by atoms with Crippen LogP contribution in [0.15, 0.2) is 40.8 Å². The second kappa shape index (κ2) is 6.72. The first-order valence-electron chi connectivity index (χ1n) is 8.89. The minimum Gasteiger partial charge on any atom is -0.331 e. The molecule has 0 fully saturated rings. The zero-order chi connectivity index (χ0) is 20.2. The van der Waals surface area contributed by atoms with Crippen LogP contribution < -0.4 is 5.32 Å². The number of aliphatic imine (C=N–C) groups is 1. The quantitative estimate of drug-likeness (QED) is 0.503. The molecule has 1 aliphatic rings. The maximum absolute atomic E-state index is 6.13. The summed E-state index contributed by atoms with van der Waals surface area (Å²) < 4.78 is 6.64. The van der Waals surface area contributed by atoms with Crippen molar-refractivity contribution in [2.75, 3.05) is 5.32 Å². The Morgan fingerprint density at radius 2 is 1.93 bits per heavy atom. The van der Waals surface area contributed by atoms with Crippen molar-refractivity contribution in [3.05, 3.63) is 69.3 Å². The summed E-state index contributed by atoms with van der Waals surface area (Å²) in [5.41, 5.74) is 2.81. The molecule has 0 saturated carbocycles. The van der Waals surface area contributed by atoms with Gasteiger partial charge in [-0.05, 0) is 44.4 Å². The molecule has 29 heavy (non-hydrogen) atoms. The van der Waals surface area contributed by atoms with Crippen molar-refractivity contribution in [2.45, 2.75) is 26.4 Å². The third-order valence-corrected chi connectivity index (χ3v) is 6.65. The topological polar surface area (TPSA) is 80.9 Å². The highest BCUT2D eigenvalue weighted by Crippen LogP contribution is 2.38. The van der Waals surface area contributed by atoms with Crippen LogP contribution >= 0.6 is 34.5 Å². The molecule has 1 aromatic carbocycles. The van der Waals surface area contributed by atoms with Crippen LogP contribution in [-0.2, 0) is 5.66 Å². The molecule has 3 aromatic heterocycles. The van der Waals surface area contributed by atoms with Gasteiger partial charge in [-0.3, -0.25) is 4.57 Å². The molecular weight excluding hydrogens is 426 g/mol. The number of hydrogen-bond donors (Lipinski definition) is 1. The third-order valence-electron chi connectivity index (χ3n) is 4.78. The Hall–Kier alpha value is -2.62. The van der Waals surface area contributed by atoms with E-state index in [9.17, 15) is 0 Å². The van der Waals surface area contributed by atoms with E-state index in [0.717, 1.165) is 38.5 Å². The molecule has 4 heterocycles. The zero-order valence-corrected chi connectivity index (χ0v) is 18.2. The van der Waals surface area contributed by atoms with E-state index in [4.69, 9.17) is 16.6 Å². The fourth-order valence-electron chi connectivity index (χ4n) is 3.43. The maximum atomic E-state index is 6.13. The summed E-state index contributed by atoms with van der Waals surface area (Å²) in [5.74, 6) is 1.48. The van der Waals surface area contributed by atoms with Gasteiger partial charge in [0.25, 0.3) is 0 Å². The molecule has 1 N–H and O–H groups in total. The molecular formula is C19H16ClN7S2. The molecule has 0 bridgehead atoms. The molecule has 0 radical (unpaired) electrons. The first kappa shape index (κ1) is 18.4. The molecule has 10 heteroatoms. The zero-order valence-electron chi connectivity index (χ0n) is 15.8. The third kappa shape index (κ3) is 2.97. The fourth-order valence-corrected chi connectivity index (χ4v) is 5.13. The standard InChI is InChI=1S/C19H16ClN7S2/c1-10-14-15(12-4-6-13(20)7-5-12)22-19(3,23-18-21-8-9-28-18)17-25-24-11(2)27(17)16(14)29-26-10/h4-9H,1-3H3,(H,21,23). The number of benzene rings is 1. The highest BCUT2D eigenvalue weighted by molar-refractivity contribution is 7.13. The van der Waals surface area contributed by atoms with E-state index in [1.807, 2.05) is 55.0 Å². The molecule has 1 atom stereocenters. The van der Waals surface area contributed by atoms with Crippen LogP contribution in [0.2, 0.25) is 5.02 Å². The summed E-state index contributed by atoms with van der Waals surface area (Å²) in [6, 6.07) is 7.70. The molecule has 7 nitrogen and oxygen atoms in total. The van der Waals surface area contributed by atoms with Crippen LogP contribution in [0.5, 0.6) is 0 Å². The molecule has 5 rings (SSSR count). The molecule has 1 aliphatic heterocycles. The highest BCUT2D eigenvalue weighted by Gasteiger charge is 2.39. The first-order chi connectivity index (χ1) is 14.0. The van der Waals surface area contributed by atoms with E-state index in [2.05, 4.69) is 24.9 Å². The van der Waals surface area contributed by atoms with E-state index >= 15 is 0 Å². The van der Waals surface area contributed by atoms with E-state index in [1.54, 1.807) is 6.20 Å². The predicted octanol–water partition coefficient (Wildman–Crippen LogP) is 4.59. The van der Waals surface area contributed by atoms with E-state index in [0.29, 0.717) is 10.8 Å². The van der Waals surface area contributed by atoms with Crippen LogP contribution in [0, 0.1) is 13.8 Å². The normalized spacial score (nSPS) is 18.0. The number of rotatable bonds is 3. The lowest BCUT2D eigenvalue weighted by Gasteiger charge is -2.25. The lowest BCUT2D eigenvalue weighted by Crippen LogP contribution is -2.33. The summed E-state index contributed by atoms with van der Waals surface area (Å²) >= 11 is 9.07. The van der Waals surface area contributed by atoms with Crippen molar-refractivity contribution < 1.29 is 0 Å². The molecule has 146 valence electrons. The summed E-state index contributed by atoms with van der Waals surface area (Å²) in [6.07, 6.45) is 1.76. The average molecular weight is 442 g/mol. The van der Waals surface area contributed by atoms with Gasteiger partial charge in [0.2, 0.25) is 0 Å². The van der Waals surface area contributed by atoms with Crippen LogP contribution in [0.3, 0.4) is 0 Å². The Labute approximate surface area is 180 Å². The Balaban J connectivity index is 1.81. The molecule has 0 amide bonds. The van der Waals surface area contributed by atoms with Crippen LogP contribution in [0.1, 0.15) is 35.4 Å². The minimum atomic E-state index is -0.876. The average Bonchev–Trinajstić information content (AvgIpc) is 3.40. The van der Waals surface area contributed by atoms with Crippen molar-refractivity contribution in [1.82, 2.24) is 24.1 Å². The SMILES string of the molecule is Cc1nsc2c1C(c1ccc(Cl)cc1)=NC(C)(Nc1nccs1)c1nnc(C)n1-2. The van der Waals surface area contributed by atoms with Crippen molar-refractivity contribution in [2.24, 2.45) is 4.99 Å². The van der Waals surface area contributed by atoms with Crippen LogP contribution in [0.25, 0.3) is 5.00 Å². The lowest BCUT2D eigenvalue weighted by molar-refractivity contribution is 0.527.